The molecule has 11 aromatic carbocycles. The van der Waals surface area contributed by atoms with Gasteiger partial charge in [0.15, 0.2) is 0 Å². The molecular weight excluding hydrogens is 1150 g/mol. The molecule has 0 aliphatic heterocycles. The topological polar surface area (TPSA) is 19.6 Å². The molecule has 2 aliphatic carbocycles. The molecule has 0 spiro atoms. The lowest BCUT2D eigenvalue weighted by atomic mass is 9.67. The molecule has 0 saturated carbocycles. The third kappa shape index (κ3) is 10.2. The van der Waals surface area contributed by atoms with Crippen molar-refractivity contribution in [2.24, 2.45) is 0 Å². The molecule has 14 rings (SSSR count). The summed E-state index contributed by atoms with van der Waals surface area (Å²) in [6, 6.07) is 88.9. The van der Waals surface area contributed by atoms with E-state index in [-0.39, 0.29) is 16.2 Å². The Morgan fingerprint density at radius 3 is 1.39 bits per heavy atom. The maximum atomic E-state index is 7.78. The molecule has 3 nitrogen and oxygen atoms in total. The highest BCUT2D eigenvalue weighted by atomic mass is 32.2. The Labute approximate surface area is 552 Å². The van der Waals surface area contributed by atoms with Crippen molar-refractivity contribution < 1.29 is 4.42 Å². The maximum absolute atomic E-state index is 7.78. The van der Waals surface area contributed by atoms with E-state index in [1.165, 1.54) is 92.9 Å². The zero-order valence-corrected chi connectivity index (χ0v) is 58.5. The minimum Gasteiger partial charge on any atom is -0.455 e. The molecule has 0 N–H and O–H groups in total. The van der Waals surface area contributed by atoms with Crippen molar-refractivity contribution in [1.82, 2.24) is 0 Å². The summed E-state index contributed by atoms with van der Waals surface area (Å²) in [6.45, 7) is 37.4. The summed E-state index contributed by atoms with van der Waals surface area (Å²) in [4.78, 5) is 7.51. The van der Waals surface area contributed by atoms with Gasteiger partial charge in [0.2, 0.25) is 0 Å². The van der Waals surface area contributed by atoms with Crippen LogP contribution in [0.25, 0.3) is 44.2 Å². The fourth-order valence-electron chi connectivity index (χ4n) is 15.0. The fraction of sp³-hybridized carbons (Fsp3) is 0.241. The highest BCUT2D eigenvalue weighted by Gasteiger charge is 2.53. The van der Waals surface area contributed by atoms with Gasteiger partial charge in [0.1, 0.15) is 11.2 Å². The van der Waals surface area contributed by atoms with E-state index in [9.17, 15) is 0 Å². The Hall–Kier alpha value is -8.61. The average Bonchev–Trinajstić information content (AvgIpc) is 1.49. The van der Waals surface area contributed by atoms with E-state index >= 15 is 0 Å². The molecule has 0 saturated heterocycles. The number of aryl methyl sites for hydroxylation is 2. The van der Waals surface area contributed by atoms with Crippen LogP contribution < -0.4 is 15.0 Å². The molecule has 0 fully saturated rings. The lowest BCUT2D eigenvalue weighted by Gasteiger charge is -2.38. The second kappa shape index (κ2) is 22.0. The Morgan fingerprint density at radius 2 is 0.870 bits per heavy atom. The molecule has 92 heavy (non-hydrogen) atoms. The summed E-state index contributed by atoms with van der Waals surface area (Å²) in [5.74, 6) is 0. The Morgan fingerprint density at radius 1 is 0.413 bits per heavy atom. The minimum atomic E-state index is -1.80. The third-order valence-corrected chi connectivity index (χ3v) is 23.0. The number of anilines is 6. The molecule has 2 aliphatic rings. The summed E-state index contributed by atoms with van der Waals surface area (Å²) >= 11 is 1.83. The van der Waals surface area contributed by atoms with Crippen molar-refractivity contribution in [3.05, 3.63) is 292 Å². The van der Waals surface area contributed by atoms with E-state index in [4.69, 9.17) is 4.42 Å². The molecule has 5 heteroatoms. The number of fused-ring (bicyclic) bond motifs is 11. The van der Waals surface area contributed by atoms with Gasteiger partial charge in [0.05, 0.1) is 30.2 Å². The molecule has 1 heterocycles. The highest BCUT2D eigenvalue weighted by Crippen LogP contribution is 2.68. The first-order valence-electron chi connectivity index (χ1n) is 33.0. The van der Waals surface area contributed by atoms with Gasteiger partial charge in [-0.3, -0.25) is 0 Å². The lowest BCUT2D eigenvalue weighted by molar-refractivity contribution is 0.589. The largest absolute Gasteiger partial charge is 0.455 e. The number of benzene rings is 11. The highest BCUT2D eigenvalue weighted by molar-refractivity contribution is 7.99. The van der Waals surface area contributed by atoms with Crippen molar-refractivity contribution in [3.63, 3.8) is 0 Å². The molecule has 0 amide bonds. The molecule has 0 radical (unpaired) electrons. The zero-order chi connectivity index (χ0) is 64.6. The summed E-state index contributed by atoms with van der Waals surface area (Å²) in [5, 5.41) is 3.59. The summed E-state index contributed by atoms with van der Waals surface area (Å²) in [6.07, 6.45) is 0. The van der Waals surface area contributed by atoms with E-state index in [0.29, 0.717) is 0 Å². The van der Waals surface area contributed by atoms with Crippen LogP contribution in [-0.4, -0.2) is 8.07 Å². The SMILES string of the molecule is Cc1cccc(N(c2ccc(C(C)(C)C)cc2)c2cc3c(c4c2C(C)(C)c2ccccc2-4)-c2c(cc(N(c4ccc(C(C)(C)C)cc4)c4cccc(C)c4)c4c2oc2ccccc24)C3(c2ccc(Sc3ccc(C(C)(C)C)cc3)cc2)c2ccc([Si](C)(C)C)cc2)c1. The first-order chi connectivity index (χ1) is 43.7. The number of furan rings is 1. The lowest BCUT2D eigenvalue weighted by Crippen LogP contribution is -2.38. The van der Waals surface area contributed by atoms with Gasteiger partial charge in [-0.25, -0.2) is 0 Å². The monoisotopic (exact) mass is 1230 g/mol. The van der Waals surface area contributed by atoms with Crippen molar-refractivity contribution in [2.45, 2.75) is 147 Å². The molecule has 1 unspecified atom stereocenters. The van der Waals surface area contributed by atoms with E-state index in [1.807, 2.05) is 11.8 Å². The van der Waals surface area contributed by atoms with E-state index in [1.54, 1.807) is 0 Å². The second-order valence-electron chi connectivity index (χ2n) is 30.8. The summed E-state index contributed by atoms with van der Waals surface area (Å²) < 4.78 is 7.78. The van der Waals surface area contributed by atoms with Crippen LogP contribution >= 0.6 is 11.8 Å². The second-order valence-corrected chi connectivity index (χ2v) is 37.0. The number of hydrogen-bond acceptors (Lipinski definition) is 4. The predicted molar refractivity (Wildman–Crippen MR) is 397 cm³/mol. The van der Waals surface area contributed by atoms with Crippen LogP contribution in [0.1, 0.15) is 137 Å². The first kappa shape index (κ1) is 60.9. The smallest absolute Gasteiger partial charge is 0.145 e. The number of hydrogen-bond donors (Lipinski definition) is 0. The maximum Gasteiger partial charge on any atom is 0.145 e. The van der Waals surface area contributed by atoms with Gasteiger partial charge >= 0.3 is 0 Å². The predicted octanol–water partition coefficient (Wildman–Crippen LogP) is 24.4. The van der Waals surface area contributed by atoms with Gasteiger partial charge in [0.25, 0.3) is 0 Å². The van der Waals surface area contributed by atoms with Crippen LogP contribution in [0.4, 0.5) is 34.1 Å². The van der Waals surface area contributed by atoms with Gasteiger partial charge in [-0.2, -0.15) is 0 Å². The average molecular weight is 1240 g/mol. The van der Waals surface area contributed by atoms with Gasteiger partial charge in [-0.05, 0) is 199 Å². The Balaban J connectivity index is 1.18. The van der Waals surface area contributed by atoms with Crippen LogP contribution in [0.2, 0.25) is 19.6 Å². The normalized spacial score (nSPS) is 15.1. The molecule has 12 aromatic rings. The van der Waals surface area contributed by atoms with E-state index in [2.05, 4.69) is 350 Å². The van der Waals surface area contributed by atoms with Crippen molar-refractivity contribution in [1.29, 1.82) is 0 Å². The molecule has 1 atom stereocenters. The molecule has 0 bridgehead atoms. The number of rotatable bonds is 11. The van der Waals surface area contributed by atoms with Gasteiger partial charge < -0.3 is 14.2 Å². The molecule has 460 valence electrons. The van der Waals surface area contributed by atoms with E-state index in [0.717, 1.165) is 61.6 Å². The van der Waals surface area contributed by atoms with Crippen LogP contribution in [0, 0.1) is 13.8 Å². The fourth-order valence-corrected chi connectivity index (χ4v) is 17.0. The number of para-hydroxylation sites is 1. The van der Waals surface area contributed by atoms with E-state index < -0.39 is 18.9 Å². The van der Waals surface area contributed by atoms with Crippen LogP contribution in [-0.2, 0) is 27.1 Å². The summed E-state index contributed by atoms with van der Waals surface area (Å²) in [7, 11) is -1.80. The van der Waals surface area contributed by atoms with Crippen molar-refractivity contribution >= 4 is 81.1 Å². The Bertz CT molecular complexity index is 4830. The van der Waals surface area contributed by atoms with Crippen LogP contribution in [0.3, 0.4) is 0 Å². The quantitative estimate of drug-likeness (QED) is 0.120. The minimum absolute atomic E-state index is 0.0296. The Kier molecular flexibility index (Phi) is 14.6. The van der Waals surface area contributed by atoms with Crippen LogP contribution in [0.15, 0.2) is 245 Å². The third-order valence-electron chi connectivity index (χ3n) is 19.9. The van der Waals surface area contributed by atoms with Crippen molar-refractivity contribution in [2.75, 3.05) is 9.80 Å². The molecular formula is C87H86N2OSSi. The van der Waals surface area contributed by atoms with Crippen molar-refractivity contribution in [3.8, 4) is 22.3 Å². The first-order valence-corrected chi connectivity index (χ1v) is 37.3. The van der Waals surface area contributed by atoms with Crippen LogP contribution in [0.5, 0.6) is 0 Å². The van der Waals surface area contributed by atoms with Gasteiger partial charge in [-0.15, -0.1) is 0 Å². The summed E-state index contributed by atoms with van der Waals surface area (Å²) in [5.41, 5.74) is 25.7. The van der Waals surface area contributed by atoms with Gasteiger partial charge in [0, 0.05) is 48.9 Å². The van der Waals surface area contributed by atoms with Gasteiger partial charge in [-0.1, -0.05) is 252 Å². The zero-order valence-electron chi connectivity index (χ0n) is 56.7. The number of nitrogens with zero attached hydrogens (tertiary/aromatic N) is 2. The standard InChI is InChI=1S/C87H86N2OSSi/c1-55-23-21-25-64(51-55)88(62-41-31-57(32-42-62)83(3,4)5)74-53-73-80(82-77(74)70-28-18-20-30-76(70)90-82)79-72(87(73,61-39-49-68(50-40-61)92(14,15)16)60-37-47-67(48-38-60)91-66-45-35-59(36-46-66)85(9,10)11)54-75(81-78(79)69-27-17-19-29-71(69)86(81,12)13)89(65-26-22-24-56(2)52-65)63-43-33-58(34-44-63)84(6,7)8/h17-54H,1-16H3. The molecule has 1 aromatic heterocycles.